The third-order valence-electron chi connectivity index (χ3n) is 7.34. The molecule has 0 bridgehead atoms. The number of nitrogens with zero attached hydrogens (tertiary/aromatic N) is 4. The van der Waals surface area contributed by atoms with Crippen LogP contribution in [0.15, 0.2) is 52.7 Å². The summed E-state index contributed by atoms with van der Waals surface area (Å²) >= 11 is 1.62. The van der Waals surface area contributed by atoms with E-state index in [9.17, 15) is 19.1 Å². The van der Waals surface area contributed by atoms with E-state index >= 15 is 0 Å². The van der Waals surface area contributed by atoms with Crippen molar-refractivity contribution in [3.05, 3.63) is 64.9 Å². The Morgan fingerprint density at radius 3 is 2.51 bits per heavy atom. The van der Waals surface area contributed by atoms with E-state index in [0.29, 0.717) is 31.2 Å². The van der Waals surface area contributed by atoms with Crippen molar-refractivity contribution in [3.8, 4) is 11.1 Å². The Morgan fingerprint density at radius 1 is 1.22 bits per heavy atom. The zero-order chi connectivity index (χ0) is 26.4. The van der Waals surface area contributed by atoms with Gasteiger partial charge in [-0.05, 0) is 56.2 Å². The van der Waals surface area contributed by atoms with Crippen molar-refractivity contribution < 1.29 is 14.3 Å². The summed E-state index contributed by atoms with van der Waals surface area (Å²) in [5, 5.41) is 10.8. The number of piperazine rings is 1. The number of hydrogen-bond donors (Lipinski definition) is 1. The Labute approximate surface area is 219 Å². The maximum atomic E-state index is 13.7. The Bertz CT molecular complexity index is 1430. The highest BCUT2D eigenvalue weighted by Gasteiger charge is 2.34. The highest BCUT2D eigenvalue weighted by atomic mass is 32.2. The molecular formula is C28H31FN4O3S. The molecule has 3 heterocycles. The molecule has 9 heteroatoms. The van der Waals surface area contributed by atoms with Crippen molar-refractivity contribution in [2.24, 2.45) is 5.92 Å². The molecule has 1 saturated heterocycles. The molecule has 2 aliphatic rings. The summed E-state index contributed by atoms with van der Waals surface area (Å²) in [6.07, 6.45) is 1.34. The van der Waals surface area contributed by atoms with Crippen molar-refractivity contribution in [3.63, 3.8) is 0 Å². The van der Waals surface area contributed by atoms with Crippen LogP contribution in [0.4, 0.5) is 10.2 Å². The molecule has 2 aromatic carbocycles. The molecule has 0 spiro atoms. The van der Waals surface area contributed by atoms with E-state index in [0.717, 1.165) is 32.5 Å². The minimum absolute atomic E-state index is 0.0319. The van der Waals surface area contributed by atoms with Gasteiger partial charge in [0.25, 0.3) is 0 Å². The van der Waals surface area contributed by atoms with Crippen molar-refractivity contribution in [2.45, 2.75) is 44.3 Å². The molecule has 1 amide bonds. The van der Waals surface area contributed by atoms with Crippen molar-refractivity contribution in [1.82, 2.24) is 14.5 Å². The monoisotopic (exact) mass is 522 g/mol. The standard InChI is InChI=1S/C28H31FN4O3S/c1-5-23(35)33-17(3)11-31(12-18(33)4)27-22-10-16(2)24(20-6-8-21(29)9-7-20)26-25(22)32(28(36)30-27)13-19(14-34)15-37-26/h5-10,17-19,34H,1,11-15H2,2-4H3/t17-,18+,19-/m0/s1. The van der Waals surface area contributed by atoms with Crippen molar-refractivity contribution in [2.75, 3.05) is 30.3 Å². The van der Waals surface area contributed by atoms with Crippen LogP contribution in [0.3, 0.4) is 0 Å². The van der Waals surface area contributed by atoms with Crippen molar-refractivity contribution >= 4 is 34.4 Å². The third kappa shape index (κ3) is 4.44. The summed E-state index contributed by atoms with van der Waals surface area (Å²) in [5.74, 6) is 0.754. The Kier molecular flexibility index (Phi) is 6.85. The topological polar surface area (TPSA) is 78.7 Å². The van der Waals surface area contributed by atoms with E-state index in [1.165, 1.54) is 18.2 Å². The molecule has 5 rings (SSSR count). The lowest BCUT2D eigenvalue weighted by Crippen LogP contribution is -2.58. The van der Waals surface area contributed by atoms with Crippen LogP contribution in [0.2, 0.25) is 0 Å². The van der Waals surface area contributed by atoms with Gasteiger partial charge in [0.1, 0.15) is 11.6 Å². The van der Waals surface area contributed by atoms with Crippen LogP contribution in [0.5, 0.6) is 0 Å². The van der Waals surface area contributed by atoms with Gasteiger partial charge in [-0.1, -0.05) is 18.7 Å². The molecule has 194 valence electrons. The van der Waals surface area contributed by atoms with E-state index in [1.807, 2.05) is 25.7 Å². The Morgan fingerprint density at radius 2 is 1.89 bits per heavy atom. The number of rotatable bonds is 4. The van der Waals surface area contributed by atoms with Crippen LogP contribution in [-0.4, -0.2) is 63.0 Å². The number of carbonyl (C=O) groups excluding carboxylic acids is 1. The molecule has 1 aromatic heterocycles. The summed E-state index contributed by atoms with van der Waals surface area (Å²) in [5.41, 5.74) is 3.28. The van der Waals surface area contributed by atoms with Gasteiger partial charge in [0, 0.05) is 65.8 Å². The molecule has 3 aromatic rings. The Balaban J connectivity index is 1.73. The van der Waals surface area contributed by atoms with Gasteiger partial charge < -0.3 is 14.9 Å². The molecule has 0 radical (unpaired) electrons. The van der Waals surface area contributed by atoms with Crippen LogP contribution in [0.25, 0.3) is 22.0 Å². The van der Waals surface area contributed by atoms with Gasteiger partial charge in [-0.25, -0.2) is 9.18 Å². The number of hydrogen-bond acceptors (Lipinski definition) is 6. The molecule has 1 fully saturated rings. The van der Waals surface area contributed by atoms with Gasteiger partial charge in [0.2, 0.25) is 5.91 Å². The SMILES string of the molecule is C=CC(=O)N1[C@H](C)CN(c2nc(=O)n3c4c(c(-c5ccc(F)cc5)c(C)cc24)SC[C@H](CO)C3)C[C@@H]1C. The quantitative estimate of drug-likeness (QED) is 0.525. The average molecular weight is 523 g/mol. The number of halogens is 1. The second kappa shape index (κ2) is 9.95. The maximum Gasteiger partial charge on any atom is 0.350 e. The number of thioether (sulfide) groups is 1. The first-order valence-corrected chi connectivity index (χ1v) is 13.5. The molecular weight excluding hydrogens is 491 g/mol. The normalized spacial score (nSPS) is 21.7. The maximum absolute atomic E-state index is 13.7. The number of amides is 1. The highest BCUT2D eigenvalue weighted by Crippen LogP contribution is 2.44. The van der Waals surface area contributed by atoms with E-state index < -0.39 is 0 Å². The number of carbonyl (C=O) groups is 1. The molecule has 0 saturated carbocycles. The Hall–Kier alpha value is -3.17. The first-order chi connectivity index (χ1) is 17.7. The van der Waals surface area contributed by atoms with Gasteiger partial charge in [-0.3, -0.25) is 9.36 Å². The smallest absolute Gasteiger partial charge is 0.350 e. The summed E-state index contributed by atoms with van der Waals surface area (Å²) < 4.78 is 15.4. The predicted octanol–water partition coefficient (Wildman–Crippen LogP) is 3.84. The molecule has 0 unspecified atom stereocenters. The highest BCUT2D eigenvalue weighted by molar-refractivity contribution is 7.99. The van der Waals surface area contributed by atoms with E-state index in [4.69, 9.17) is 0 Å². The number of anilines is 1. The zero-order valence-electron chi connectivity index (χ0n) is 21.3. The number of aliphatic hydroxyl groups excluding tert-OH is 1. The number of aryl methyl sites for hydroxylation is 1. The van der Waals surface area contributed by atoms with Gasteiger partial charge in [-0.15, -0.1) is 11.8 Å². The minimum Gasteiger partial charge on any atom is -0.396 e. The average Bonchev–Trinajstić information content (AvgIpc) is 3.07. The molecule has 3 atom stereocenters. The van der Waals surface area contributed by atoms with E-state index in [-0.39, 0.29) is 42.0 Å². The number of benzene rings is 2. The van der Waals surface area contributed by atoms with E-state index in [1.54, 1.807) is 28.5 Å². The minimum atomic E-state index is -0.358. The fourth-order valence-corrected chi connectivity index (χ4v) is 7.10. The van der Waals surface area contributed by atoms with Gasteiger partial charge in [0.15, 0.2) is 0 Å². The fourth-order valence-electron chi connectivity index (χ4n) is 5.71. The molecule has 1 N–H and O–H groups in total. The lowest BCUT2D eigenvalue weighted by Gasteiger charge is -2.44. The van der Waals surface area contributed by atoms with Crippen molar-refractivity contribution in [1.29, 1.82) is 0 Å². The summed E-state index contributed by atoms with van der Waals surface area (Å²) in [6.45, 7) is 11.1. The second-order valence-electron chi connectivity index (χ2n) is 10.0. The fraction of sp³-hybridized carbons (Fsp3) is 0.393. The third-order valence-corrected chi connectivity index (χ3v) is 8.66. The summed E-state index contributed by atoms with van der Waals surface area (Å²) in [4.78, 5) is 35.4. The van der Waals surface area contributed by atoms with Crippen LogP contribution in [0.1, 0.15) is 19.4 Å². The molecule has 2 aliphatic heterocycles. The molecule has 37 heavy (non-hydrogen) atoms. The first kappa shape index (κ1) is 25.5. The number of aliphatic hydroxyl groups is 1. The van der Waals surface area contributed by atoms with Gasteiger partial charge >= 0.3 is 5.69 Å². The van der Waals surface area contributed by atoms with E-state index in [2.05, 4.69) is 22.5 Å². The summed E-state index contributed by atoms with van der Waals surface area (Å²) in [7, 11) is 0. The van der Waals surface area contributed by atoms with Crippen LogP contribution in [0, 0.1) is 18.7 Å². The molecule has 7 nitrogen and oxygen atoms in total. The number of aromatic nitrogens is 2. The zero-order valence-corrected chi connectivity index (χ0v) is 22.1. The van der Waals surface area contributed by atoms with Crippen LogP contribution < -0.4 is 10.6 Å². The van der Waals surface area contributed by atoms with Gasteiger partial charge in [-0.2, -0.15) is 4.98 Å². The largest absolute Gasteiger partial charge is 0.396 e. The lowest BCUT2D eigenvalue weighted by molar-refractivity contribution is -0.130. The second-order valence-corrected chi connectivity index (χ2v) is 11.1. The summed E-state index contributed by atoms with van der Waals surface area (Å²) in [6, 6.07) is 8.31. The first-order valence-electron chi connectivity index (χ1n) is 12.5. The predicted molar refractivity (Wildman–Crippen MR) is 146 cm³/mol. The van der Waals surface area contributed by atoms with Crippen LogP contribution >= 0.6 is 11.8 Å². The molecule has 0 aliphatic carbocycles. The van der Waals surface area contributed by atoms with Crippen LogP contribution in [-0.2, 0) is 11.3 Å². The van der Waals surface area contributed by atoms with Gasteiger partial charge in [0.05, 0.1) is 5.52 Å². The lowest BCUT2D eigenvalue weighted by atomic mass is 9.97.